The number of aliphatic hydroxyl groups is 1. The highest BCUT2D eigenvalue weighted by Crippen LogP contribution is 2.19. The van der Waals surface area contributed by atoms with Crippen molar-refractivity contribution >= 4 is 0 Å². The summed E-state index contributed by atoms with van der Waals surface area (Å²) >= 11 is 0. The molecule has 0 aliphatic rings. The van der Waals surface area contributed by atoms with Crippen molar-refractivity contribution in [1.29, 1.82) is 0 Å². The highest BCUT2D eigenvalue weighted by Gasteiger charge is 2.07. The Morgan fingerprint density at radius 1 is 0.864 bits per heavy atom. The van der Waals surface area contributed by atoms with Gasteiger partial charge in [-0.25, -0.2) is 0 Å². The van der Waals surface area contributed by atoms with Crippen LogP contribution in [0.15, 0.2) is 24.3 Å². The van der Waals surface area contributed by atoms with E-state index < -0.39 is 0 Å². The van der Waals surface area contributed by atoms with Gasteiger partial charge in [0.15, 0.2) is 0 Å². The molecular weight excluding hydrogens is 268 g/mol. The van der Waals surface area contributed by atoms with E-state index in [4.69, 9.17) is 0 Å². The number of hydrogen-bond donors (Lipinski definition) is 1. The molecule has 0 aromatic rings. The lowest BCUT2D eigenvalue weighted by molar-refractivity contribution is 0.159. The fourth-order valence-corrected chi connectivity index (χ4v) is 2.94. The first-order valence-corrected chi connectivity index (χ1v) is 9.73. The Bertz CT molecular complexity index is 267. The molecule has 130 valence electrons. The van der Waals surface area contributed by atoms with Crippen LogP contribution in [0.2, 0.25) is 0 Å². The fraction of sp³-hybridized carbons (Fsp3) is 0.810. The lowest BCUT2D eigenvalue weighted by atomic mass is 9.97. The summed E-state index contributed by atoms with van der Waals surface area (Å²) in [6.45, 7) is 8.30. The molecular formula is C21H40O. The first-order chi connectivity index (χ1) is 10.7. The van der Waals surface area contributed by atoms with Gasteiger partial charge in [-0.2, -0.15) is 0 Å². The molecule has 0 bridgehead atoms. The normalized spacial score (nSPS) is 13.3. The van der Waals surface area contributed by atoms with Gasteiger partial charge in [-0.15, -0.1) is 0 Å². The lowest BCUT2D eigenvalue weighted by Crippen LogP contribution is -2.08. The molecule has 0 fully saturated rings. The summed E-state index contributed by atoms with van der Waals surface area (Å²) in [7, 11) is 0. The Balaban J connectivity index is 3.77. The van der Waals surface area contributed by atoms with Gasteiger partial charge in [-0.3, -0.25) is 0 Å². The fourth-order valence-electron chi connectivity index (χ4n) is 2.94. The van der Waals surface area contributed by atoms with E-state index in [1.54, 1.807) is 0 Å². The van der Waals surface area contributed by atoms with Gasteiger partial charge in [-0.1, -0.05) is 102 Å². The lowest BCUT2D eigenvalue weighted by Gasteiger charge is -2.13. The van der Waals surface area contributed by atoms with E-state index in [0.717, 1.165) is 25.7 Å². The Morgan fingerprint density at radius 3 is 2.00 bits per heavy atom. The van der Waals surface area contributed by atoms with Crippen molar-refractivity contribution in [2.75, 3.05) is 0 Å². The average Bonchev–Trinajstić information content (AvgIpc) is 2.51. The zero-order valence-corrected chi connectivity index (χ0v) is 15.3. The van der Waals surface area contributed by atoms with E-state index in [9.17, 15) is 5.11 Å². The summed E-state index contributed by atoms with van der Waals surface area (Å²) in [6, 6.07) is 0. The van der Waals surface area contributed by atoms with Gasteiger partial charge >= 0.3 is 0 Å². The van der Waals surface area contributed by atoms with Crippen LogP contribution in [-0.2, 0) is 0 Å². The molecule has 0 aromatic carbocycles. The zero-order chi connectivity index (χ0) is 16.5. The first kappa shape index (κ1) is 21.4. The summed E-state index contributed by atoms with van der Waals surface area (Å²) in [5.41, 5.74) is 1.38. The van der Waals surface area contributed by atoms with Crippen molar-refractivity contribution in [3.63, 3.8) is 0 Å². The summed E-state index contributed by atoms with van der Waals surface area (Å²) in [5.74, 6) is 0. The molecule has 1 atom stereocenters. The molecule has 0 saturated carbocycles. The maximum Gasteiger partial charge on any atom is 0.0577 e. The molecule has 1 N–H and O–H groups in total. The van der Waals surface area contributed by atoms with Crippen LogP contribution in [-0.4, -0.2) is 11.2 Å². The maximum absolute atomic E-state index is 10.2. The van der Waals surface area contributed by atoms with E-state index in [1.807, 2.05) is 6.08 Å². The molecule has 0 spiro atoms. The number of hydrogen-bond acceptors (Lipinski definition) is 1. The van der Waals surface area contributed by atoms with Crippen LogP contribution in [0.1, 0.15) is 104 Å². The molecule has 1 heteroatoms. The summed E-state index contributed by atoms with van der Waals surface area (Å²) in [4.78, 5) is 0. The molecule has 1 unspecified atom stereocenters. The van der Waals surface area contributed by atoms with Gasteiger partial charge in [0.1, 0.15) is 0 Å². The van der Waals surface area contributed by atoms with Crippen LogP contribution < -0.4 is 0 Å². The van der Waals surface area contributed by atoms with E-state index in [0.29, 0.717) is 0 Å². The average molecular weight is 309 g/mol. The van der Waals surface area contributed by atoms with Crippen LogP contribution in [0.5, 0.6) is 0 Å². The number of rotatable bonds is 16. The second-order valence-electron chi connectivity index (χ2n) is 6.64. The third kappa shape index (κ3) is 14.4. The molecule has 0 aliphatic heterocycles. The summed E-state index contributed by atoms with van der Waals surface area (Å²) < 4.78 is 0. The molecule has 0 rings (SSSR count). The van der Waals surface area contributed by atoms with Crippen LogP contribution >= 0.6 is 0 Å². The van der Waals surface area contributed by atoms with Gasteiger partial charge in [0, 0.05) is 0 Å². The quantitative estimate of drug-likeness (QED) is 0.241. The van der Waals surface area contributed by atoms with Crippen LogP contribution in [0.25, 0.3) is 0 Å². The minimum absolute atomic E-state index is 0.160. The van der Waals surface area contributed by atoms with E-state index in [-0.39, 0.29) is 6.10 Å². The summed E-state index contributed by atoms with van der Waals surface area (Å²) in [5, 5.41) is 10.2. The van der Waals surface area contributed by atoms with Crippen molar-refractivity contribution in [3.8, 4) is 0 Å². The largest absolute Gasteiger partial charge is 0.393 e. The third-order valence-electron chi connectivity index (χ3n) is 4.34. The van der Waals surface area contributed by atoms with Gasteiger partial charge in [0.2, 0.25) is 0 Å². The van der Waals surface area contributed by atoms with Gasteiger partial charge in [0.25, 0.3) is 0 Å². The first-order valence-electron chi connectivity index (χ1n) is 9.73. The number of aliphatic hydroxyl groups excluding tert-OH is 1. The molecule has 0 aromatic heterocycles. The predicted octanol–water partition coefficient (Wildman–Crippen LogP) is 6.96. The van der Waals surface area contributed by atoms with E-state index >= 15 is 0 Å². The van der Waals surface area contributed by atoms with Gasteiger partial charge < -0.3 is 5.11 Å². The molecule has 0 heterocycles. The van der Waals surface area contributed by atoms with Gasteiger partial charge in [0.05, 0.1) is 6.10 Å². The highest BCUT2D eigenvalue weighted by atomic mass is 16.3. The molecule has 0 radical (unpaired) electrons. The van der Waals surface area contributed by atoms with Crippen LogP contribution in [0.3, 0.4) is 0 Å². The molecule has 1 nitrogen and oxygen atoms in total. The molecule has 0 saturated heterocycles. The van der Waals surface area contributed by atoms with Crippen molar-refractivity contribution in [2.45, 2.75) is 110 Å². The van der Waals surface area contributed by atoms with Crippen molar-refractivity contribution in [3.05, 3.63) is 24.3 Å². The Hall–Kier alpha value is -0.560. The third-order valence-corrected chi connectivity index (χ3v) is 4.34. The summed E-state index contributed by atoms with van der Waals surface area (Å²) in [6.07, 6.45) is 21.1. The SMILES string of the molecule is C=C/C=C(/CCCCCCCCC)CC(O)CCCCCC. The van der Waals surface area contributed by atoms with Crippen molar-refractivity contribution in [1.82, 2.24) is 0 Å². The Kier molecular flexibility index (Phi) is 16.4. The minimum atomic E-state index is -0.160. The second-order valence-corrected chi connectivity index (χ2v) is 6.64. The number of allylic oxidation sites excluding steroid dienone is 2. The van der Waals surface area contributed by atoms with Gasteiger partial charge in [-0.05, 0) is 25.7 Å². The van der Waals surface area contributed by atoms with Crippen LogP contribution in [0.4, 0.5) is 0 Å². The number of unbranched alkanes of at least 4 members (excludes halogenated alkanes) is 9. The molecule has 0 aliphatic carbocycles. The zero-order valence-electron chi connectivity index (χ0n) is 15.3. The smallest absolute Gasteiger partial charge is 0.0577 e. The maximum atomic E-state index is 10.2. The minimum Gasteiger partial charge on any atom is -0.393 e. The standard InChI is InChI=1S/C21H40O/c1-4-7-9-11-12-13-14-17-20(16-6-3)19-21(22)18-15-10-8-5-2/h6,16,21-22H,3-5,7-15,17-19H2,1-2H3/b20-16-. The Labute approximate surface area is 139 Å². The molecule has 0 amide bonds. The highest BCUT2D eigenvalue weighted by molar-refractivity contribution is 5.11. The second kappa shape index (κ2) is 16.8. The van der Waals surface area contributed by atoms with Crippen molar-refractivity contribution in [2.24, 2.45) is 0 Å². The Morgan fingerprint density at radius 2 is 1.41 bits per heavy atom. The predicted molar refractivity (Wildman–Crippen MR) is 100 cm³/mol. The topological polar surface area (TPSA) is 20.2 Å². The van der Waals surface area contributed by atoms with Crippen molar-refractivity contribution < 1.29 is 5.11 Å². The van der Waals surface area contributed by atoms with E-state index in [1.165, 1.54) is 69.8 Å². The monoisotopic (exact) mass is 308 g/mol. The van der Waals surface area contributed by atoms with Crippen LogP contribution in [0, 0.1) is 0 Å². The van der Waals surface area contributed by atoms with E-state index in [2.05, 4.69) is 26.5 Å². The molecule has 22 heavy (non-hydrogen) atoms.